The van der Waals surface area contributed by atoms with Crippen molar-refractivity contribution in [1.82, 2.24) is 4.90 Å². The lowest BCUT2D eigenvalue weighted by Gasteiger charge is -2.38. The van der Waals surface area contributed by atoms with Crippen molar-refractivity contribution in [2.24, 2.45) is 0 Å². The van der Waals surface area contributed by atoms with Gasteiger partial charge in [-0.3, -0.25) is 9.69 Å². The normalized spacial score (nSPS) is 18.6. The number of ether oxygens (including phenoxy) is 2. The molecule has 0 N–H and O–H groups in total. The third-order valence-corrected chi connectivity index (χ3v) is 3.61. The van der Waals surface area contributed by atoms with Crippen molar-refractivity contribution in [1.29, 1.82) is 0 Å². The molecule has 1 heterocycles. The summed E-state index contributed by atoms with van der Waals surface area (Å²) < 4.78 is 10.3. The average Bonchev–Trinajstić information content (AvgIpc) is 2.49. The Morgan fingerprint density at radius 1 is 1.23 bits per heavy atom. The molecule has 2 amide bonds. The molecule has 1 atom stereocenters. The number of methoxy groups -OCH3 is 1. The zero-order valence-electron chi connectivity index (χ0n) is 13.4. The minimum absolute atomic E-state index is 0.114. The molecule has 0 saturated carbocycles. The predicted molar refractivity (Wildman–Crippen MR) is 83.1 cm³/mol. The second kappa shape index (κ2) is 6.68. The van der Waals surface area contributed by atoms with Crippen LogP contribution >= 0.6 is 0 Å². The zero-order valence-corrected chi connectivity index (χ0v) is 13.4. The molecule has 6 heteroatoms. The molecule has 0 aromatic heterocycles. The van der Waals surface area contributed by atoms with Gasteiger partial charge in [-0.25, -0.2) is 4.79 Å². The molecule has 0 radical (unpaired) electrons. The van der Waals surface area contributed by atoms with Crippen molar-refractivity contribution in [3.05, 3.63) is 24.3 Å². The van der Waals surface area contributed by atoms with E-state index in [-0.39, 0.29) is 12.0 Å². The Hall–Kier alpha value is -2.24. The molecule has 1 aromatic carbocycles. The number of piperazine rings is 1. The van der Waals surface area contributed by atoms with Gasteiger partial charge < -0.3 is 14.4 Å². The molecule has 2 rings (SSSR count). The van der Waals surface area contributed by atoms with Crippen LogP contribution in [-0.4, -0.2) is 49.2 Å². The van der Waals surface area contributed by atoms with E-state index < -0.39 is 12.1 Å². The summed E-state index contributed by atoms with van der Waals surface area (Å²) in [6.45, 7) is 6.20. The van der Waals surface area contributed by atoms with Crippen molar-refractivity contribution < 1.29 is 19.1 Å². The number of hydrogen-bond donors (Lipinski definition) is 0. The second-order valence-electron chi connectivity index (χ2n) is 5.49. The topological polar surface area (TPSA) is 59.1 Å². The highest BCUT2D eigenvalue weighted by molar-refractivity contribution is 5.99. The monoisotopic (exact) mass is 306 g/mol. The molecule has 1 saturated heterocycles. The molecule has 22 heavy (non-hydrogen) atoms. The maximum absolute atomic E-state index is 12.5. The number of nitrogens with zero attached hydrogens (tertiary/aromatic N) is 2. The van der Waals surface area contributed by atoms with Crippen LogP contribution in [0.5, 0.6) is 5.75 Å². The first kappa shape index (κ1) is 16.1. The third-order valence-electron chi connectivity index (χ3n) is 3.61. The zero-order chi connectivity index (χ0) is 16.3. The van der Waals surface area contributed by atoms with Gasteiger partial charge in [-0.1, -0.05) is 0 Å². The maximum atomic E-state index is 12.5. The standard InChI is InChI=1S/C16H22N2O4/c1-11(2)22-16(20)17-9-10-18(15(19)12(17)3)13-5-7-14(21-4)8-6-13/h5-8,11-12H,9-10H2,1-4H3. The van der Waals surface area contributed by atoms with Crippen LogP contribution < -0.4 is 9.64 Å². The molecule has 1 aromatic rings. The first-order valence-electron chi connectivity index (χ1n) is 7.36. The first-order valence-corrected chi connectivity index (χ1v) is 7.36. The summed E-state index contributed by atoms with van der Waals surface area (Å²) in [6.07, 6.45) is -0.639. The second-order valence-corrected chi connectivity index (χ2v) is 5.49. The minimum Gasteiger partial charge on any atom is -0.497 e. The smallest absolute Gasteiger partial charge is 0.410 e. The van der Waals surface area contributed by atoms with Gasteiger partial charge in [0.1, 0.15) is 11.8 Å². The van der Waals surface area contributed by atoms with Gasteiger partial charge in [0, 0.05) is 18.8 Å². The fourth-order valence-electron chi connectivity index (χ4n) is 2.41. The van der Waals surface area contributed by atoms with E-state index in [4.69, 9.17) is 9.47 Å². The summed E-state index contributed by atoms with van der Waals surface area (Å²) >= 11 is 0. The first-order chi connectivity index (χ1) is 10.4. The predicted octanol–water partition coefficient (Wildman–Crippen LogP) is 2.28. The number of hydrogen-bond acceptors (Lipinski definition) is 4. The summed E-state index contributed by atoms with van der Waals surface area (Å²) in [7, 11) is 1.60. The van der Waals surface area contributed by atoms with Crippen LogP contribution in [0.1, 0.15) is 20.8 Å². The lowest BCUT2D eigenvalue weighted by atomic mass is 10.1. The average molecular weight is 306 g/mol. The van der Waals surface area contributed by atoms with Gasteiger partial charge in [0.15, 0.2) is 0 Å². The molecule has 1 fully saturated rings. The molecule has 1 aliphatic rings. The van der Waals surface area contributed by atoms with Crippen LogP contribution in [0, 0.1) is 0 Å². The van der Waals surface area contributed by atoms with Crippen LogP contribution in [0.2, 0.25) is 0 Å². The van der Waals surface area contributed by atoms with Gasteiger partial charge in [-0.05, 0) is 45.0 Å². The van der Waals surface area contributed by atoms with Crippen LogP contribution in [-0.2, 0) is 9.53 Å². The van der Waals surface area contributed by atoms with Gasteiger partial charge in [0.2, 0.25) is 5.91 Å². The Balaban J connectivity index is 2.09. The molecule has 0 spiro atoms. The van der Waals surface area contributed by atoms with E-state index in [0.29, 0.717) is 13.1 Å². The number of anilines is 1. The molecule has 0 bridgehead atoms. The molecular formula is C16H22N2O4. The van der Waals surface area contributed by atoms with E-state index in [0.717, 1.165) is 11.4 Å². The summed E-state index contributed by atoms with van der Waals surface area (Å²) in [5.74, 6) is 0.625. The van der Waals surface area contributed by atoms with Crippen molar-refractivity contribution in [2.75, 3.05) is 25.1 Å². The van der Waals surface area contributed by atoms with Crippen LogP contribution in [0.3, 0.4) is 0 Å². The Bertz CT molecular complexity index is 542. The quantitative estimate of drug-likeness (QED) is 0.859. The van der Waals surface area contributed by atoms with Gasteiger partial charge in [-0.2, -0.15) is 0 Å². The summed E-state index contributed by atoms with van der Waals surface area (Å²) in [6, 6.07) is 6.76. The Morgan fingerprint density at radius 2 is 1.86 bits per heavy atom. The lowest BCUT2D eigenvalue weighted by Crippen LogP contribution is -2.58. The lowest BCUT2D eigenvalue weighted by molar-refractivity contribution is -0.124. The van der Waals surface area contributed by atoms with E-state index >= 15 is 0 Å². The van der Waals surface area contributed by atoms with Crippen LogP contribution in [0.25, 0.3) is 0 Å². The number of amides is 2. The Kier molecular flexibility index (Phi) is 4.90. The molecule has 1 unspecified atom stereocenters. The fourth-order valence-corrected chi connectivity index (χ4v) is 2.41. The minimum atomic E-state index is -0.540. The van der Waals surface area contributed by atoms with Gasteiger partial charge >= 0.3 is 6.09 Å². The van der Waals surface area contributed by atoms with E-state index in [9.17, 15) is 9.59 Å². The Morgan fingerprint density at radius 3 is 2.41 bits per heavy atom. The number of rotatable bonds is 3. The highest BCUT2D eigenvalue weighted by atomic mass is 16.6. The molecule has 1 aliphatic heterocycles. The van der Waals surface area contributed by atoms with Gasteiger partial charge in [0.05, 0.1) is 13.2 Å². The fraction of sp³-hybridized carbons (Fsp3) is 0.500. The number of carbonyl (C=O) groups is 2. The SMILES string of the molecule is COc1ccc(N2CCN(C(=O)OC(C)C)C(C)C2=O)cc1. The molecule has 6 nitrogen and oxygen atoms in total. The summed E-state index contributed by atoms with van der Waals surface area (Å²) in [5, 5.41) is 0. The molecule has 120 valence electrons. The van der Waals surface area contributed by atoms with Crippen LogP contribution in [0.4, 0.5) is 10.5 Å². The van der Waals surface area contributed by atoms with Crippen LogP contribution in [0.15, 0.2) is 24.3 Å². The maximum Gasteiger partial charge on any atom is 0.410 e. The van der Waals surface area contributed by atoms with E-state index in [1.165, 1.54) is 4.90 Å². The highest BCUT2D eigenvalue weighted by Gasteiger charge is 2.36. The number of benzene rings is 1. The number of carbonyl (C=O) groups excluding carboxylic acids is 2. The molecular weight excluding hydrogens is 284 g/mol. The van der Waals surface area contributed by atoms with Crippen molar-refractivity contribution in [3.8, 4) is 5.75 Å². The third kappa shape index (κ3) is 3.32. The van der Waals surface area contributed by atoms with Crippen molar-refractivity contribution in [3.63, 3.8) is 0 Å². The van der Waals surface area contributed by atoms with E-state index in [1.807, 2.05) is 24.3 Å². The molecule has 0 aliphatic carbocycles. The van der Waals surface area contributed by atoms with Gasteiger partial charge in [0.25, 0.3) is 0 Å². The summed E-state index contributed by atoms with van der Waals surface area (Å²) in [5.41, 5.74) is 0.800. The summed E-state index contributed by atoms with van der Waals surface area (Å²) in [4.78, 5) is 27.7. The van der Waals surface area contributed by atoms with Crippen molar-refractivity contribution in [2.45, 2.75) is 32.9 Å². The van der Waals surface area contributed by atoms with E-state index in [2.05, 4.69) is 0 Å². The Labute approximate surface area is 130 Å². The van der Waals surface area contributed by atoms with Gasteiger partial charge in [-0.15, -0.1) is 0 Å². The largest absolute Gasteiger partial charge is 0.497 e. The highest BCUT2D eigenvalue weighted by Crippen LogP contribution is 2.23. The van der Waals surface area contributed by atoms with Crippen molar-refractivity contribution >= 4 is 17.7 Å². The van der Waals surface area contributed by atoms with E-state index in [1.54, 1.807) is 32.8 Å².